The van der Waals surface area contributed by atoms with Crippen LogP contribution in [0.2, 0.25) is 0 Å². The average molecular weight is 483 g/mol. The van der Waals surface area contributed by atoms with Gasteiger partial charge >= 0.3 is 0 Å². The first kappa shape index (κ1) is 26.4. The molecule has 0 saturated heterocycles. The molecule has 2 rings (SSSR count). The lowest BCUT2D eigenvalue weighted by molar-refractivity contribution is 0.285. The molecule has 0 atom stereocenters. The van der Waals surface area contributed by atoms with Gasteiger partial charge < -0.3 is 29.2 Å². The van der Waals surface area contributed by atoms with Crippen LogP contribution in [0.25, 0.3) is 0 Å². The maximum Gasteiger partial charge on any atom is 0.214 e. The molecule has 2 aromatic carbocycles. The smallest absolute Gasteiger partial charge is 0.214 e. The van der Waals surface area contributed by atoms with Crippen molar-refractivity contribution in [2.24, 2.45) is 0 Å². The zero-order valence-corrected chi connectivity index (χ0v) is 20.5. The summed E-state index contributed by atoms with van der Waals surface area (Å²) in [5.41, 5.74) is 0. The quantitative estimate of drug-likeness (QED) is 0.383. The van der Waals surface area contributed by atoms with Crippen LogP contribution in [-0.2, 0) is 9.84 Å². The third-order valence-electron chi connectivity index (χ3n) is 4.48. The molecule has 2 aromatic rings. The highest BCUT2D eigenvalue weighted by Crippen LogP contribution is 2.44. The predicted octanol–water partition coefficient (Wildman–Crippen LogP) is 5.09. The summed E-state index contributed by atoms with van der Waals surface area (Å²) in [6.07, 6.45) is 2.65. The molecule has 0 bridgehead atoms. The molecule has 184 valence electrons. The fraction of sp³-hybridized carbons (Fsp3) is 0.500. The van der Waals surface area contributed by atoms with Gasteiger partial charge in [0.25, 0.3) is 0 Å². The summed E-state index contributed by atoms with van der Waals surface area (Å²) < 4.78 is 50.1. The Morgan fingerprint density at radius 2 is 0.879 bits per heavy atom. The van der Waals surface area contributed by atoms with E-state index < -0.39 is 9.84 Å². The summed E-state index contributed by atoms with van der Waals surface area (Å²) in [6.45, 7) is 8.72. The zero-order valence-electron chi connectivity index (χ0n) is 19.7. The normalized spacial score (nSPS) is 11.3. The van der Waals surface area contributed by atoms with Gasteiger partial charge in [-0.1, -0.05) is 27.7 Å². The first-order valence-corrected chi connectivity index (χ1v) is 12.8. The zero-order chi connectivity index (χ0) is 24.4. The van der Waals surface area contributed by atoms with Gasteiger partial charge in [0, 0.05) is 24.3 Å². The van der Waals surface area contributed by atoms with Crippen LogP contribution in [0.5, 0.6) is 34.5 Å². The number of ether oxygens (including phenoxy) is 4. The Balaban J connectivity index is 2.71. The van der Waals surface area contributed by atoms with Crippen LogP contribution in [0.4, 0.5) is 0 Å². The SMILES string of the molecule is CCCOc1cc(S(=O)(=O)c2cc(OCCC)c(O)cc2OCCC)c(OCCC)cc1O. The van der Waals surface area contributed by atoms with Crippen molar-refractivity contribution in [1.29, 1.82) is 0 Å². The van der Waals surface area contributed by atoms with E-state index in [-0.39, 0.29) is 57.5 Å². The van der Waals surface area contributed by atoms with Gasteiger partial charge in [0.2, 0.25) is 9.84 Å². The topological polar surface area (TPSA) is 112 Å². The fourth-order valence-corrected chi connectivity index (χ4v) is 4.43. The molecule has 0 fully saturated rings. The highest BCUT2D eigenvalue weighted by molar-refractivity contribution is 7.91. The van der Waals surface area contributed by atoms with Crippen molar-refractivity contribution < 1.29 is 37.6 Å². The van der Waals surface area contributed by atoms with Gasteiger partial charge in [0.15, 0.2) is 23.0 Å². The average Bonchev–Trinajstić information content (AvgIpc) is 2.79. The van der Waals surface area contributed by atoms with E-state index in [1.54, 1.807) is 0 Å². The minimum atomic E-state index is -4.22. The number of hydrogen-bond acceptors (Lipinski definition) is 8. The Kier molecular flexibility index (Phi) is 9.96. The molecule has 0 aliphatic rings. The van der Waals surface area contributed by atoms with Gasteiger partial charge in [0.1, 0.15) is 21.3 Å². The molecule has 0 aromatic heterocycles. The van der Waals surface area contributed by atoms with Crippen LogP contribution >= 0.6 is 0 Å². The van der Waals surface area contributed by atoms with Crippen LogP contribution in [0.3, 0.4) is 0 Å². The highest BCUT2D eigenvalue weighted by Gasteiger charge is 2.30. The van der Waals surface area contributed by atoms with Crippen molar-refractivity contribution in [1.82, 2.24) is 0 Å². The number of phenolic OH excluding ortho intramolecular Hbond substituents is 2. The van der Waals surface area contributed by atoms with E-state index >= 15 is 0 Å². The fourth-order valence-electron chi connectivity index (χ4n) is 2.90. The predicted molar refractivity (Wildman–Crippen MR) is 125 cm³/mol. The van der Waals surface area contributed by atoms with Crippen molar-refractivity contribution in [2.45, 2.75) is 63.2 Å². The van der Waals surface area contributed by atoms with E-state index in [4.69, 9.17) is 18.9 Å². The van der Waals surface area contributed by atoms with Crippen LogP contribution in [0, 0.1) is 0 Å². The van der Waals surface area contributed by atoms with Gasteiger partial charge in [-0.2, -0.15) is 0 Å². The molecule has 9 heteroatoms. The third-order valence-corrected chi connectivity index (χ3v) is 6.27. The molecule has 0 amide bonds. The summed E-state index contributed by atoms with van der Waals surface area (Å²) in [4.78, 5) is -0.346. The molecule has 0 aliphatic heterocycles. The van der Waals surface area contributed by atoms with Crippen molar-refractivity contribution in [2.75, 3.05) is 26.4 Å². The van der Waals surface area contributed by atoms with Gasteiger partial charge in [0.05, 0.1) is 26.4 Å². The van der Waals surface area contributed by atoms with Gasteiger partial charge in [-0.25, -0.2) is 8.42 Å². The van der Waals surface area contributed by atoms with E-state index in [1.165, 1.54) is 24.3 Å². The van der Waals surface area contributed by atoms with Crippen molar-refractivity contribution in [3.05, 3.63) is 24.3 Å². The molecule has 0 unspecified atom stereocenters. The number of aromatic hydroxyl groups is 2. The molecule has 0 saturated carbocycles. The summed E-state index contributed by atoms with van der Waals surface area (Å²) in [7, 11) is -4.22. The monoisotopic (exact) mass is 482 g/mol. The maximum absolute atomic E-state index is 13.8. The molecule has 0 spiro atoms. The Labute approximate surface area is 196 Å². The lowest BCUT2D eigenvalue weighted by Crippen LogP contribution is -2.10. The second-order valence-electron chi connectivity index (χ2n) is 7.43. The Bertz CT molecular complexity index is 942. The van der Waals surface area contributed by atoms with E-state index in [0.29, 0.717) is 38.9 Å². The first-order chi connectivity index (χ1) is 15.8. The van der Waals surface area contributed by atoms with E-state index in [1.807, 2.05) is 27.7 Å². The number of hydrogen-bond donors (Lipinski definition) is 2. The lowest BCUT2D eigenvalue weighted by atomic mass is 10.3. The number of sulfone groups is 1. The summed E-state index contributed by atoms with van der Waals surface area (Å²) >= 11 is 0. The second kappa shape index (κ2) is 12.4. The van der Waals surface area contributed by atoms with Crippen molar-refractivity contribution in [3.63, 3.8) is 0 Å². The maximum atomic E-state index is 13.8. The van der Waals surface area contributed by atoms with E-state index in [9.17, 15) is 18.6 Å². The van der Waals surface area contributed by atoms with E-state index in [2.05, 4.69) is 0 Å². The Hall–Kier alpha value is -2.81. The van der Waals surface area contributed by atoms with Crippen molar-refractivity contribution >= 4 is 9.84 Å². The molecule has 0 heterocycles. The molecule has 2 N–H and O–H groups in total. The third kappa shape index (κ3) is 6.60. The summed E-state index contributed by atoms with van der Waals surface area (Å²) in [6, 6.07) is 5.01. The molecule has 33 heavy (non-hydrogen) atoms. The van der Waals surface area contributed by atoms with E-state index in [0.717, 1.165) is 0 Å². The van der Waals surface area contributed by atoms with Crippen LogP contribution in [0.15, 0.2) is 34.1 Å². The lowest BCUT2D eigenvalue weighted by Gasteiger charge is -2.18. The Morgan fingerprint density at radius 3 is 1.18 bits per heavy atom. The molecule has 0 aliphatic carbocycles. The van der Waals surface area contributed by atoms with Crippen LogP contribution in [0.1, 0.15) is 53.4 Å². The molecular weight excluding hydrogens is 448 g/mol. The van der Waals surface area contributed by atoms with Gasteiger partial charge in [-0.3, -0.25) is 0 Å². The molecular formula is C24H34O8S. The summed E-state index contributed by atoms with van der Waals surface area (Å²) in [5, 5.41) is 20.7. The van der Waals surface area contributed by atoms with Crippen molar-refractivity contribution in [3.8, 4) is 34.5 Å². The number of benzene rings is 2. The first-order valence-electron chi connectivity index (χ1n) is 11.3. The van der Waals surface area contributed by atoms with Crippen LogP contribution < -0.4 is 18.9 Å². The largest absolute Gasteiger partial charge is 0.504 e. The van der Waals surface area contributed by atoms with Gasteiger partial charge in [-0.15, -0.1) is 0 Å². The molecule has 0 radical (unpaired) electrons. The number of rotatable bonds is 14. The second-order valence-corrected chi connectivity index (χ2v) is 9.32. The standard InChI is InChI=1S/C24H34O8S/c1-5-9-29-19-15-23(21(13-17(19)25)31-11-7-3)33(27,28)24-16-20(30-10-6-2)18(26)14-22(24)32-12-8-4/h13-16,25-26H,5-12H2,1-4H3. The highest BCUT2D eigenvalue weighted by atomic mass is 32.2. The minimum Gasteiger partial charge on any atom is -0.504 e. The number of phenols is 2. The van der Waals surface area contributed by atoms with Crippen LogP contribution in [-0.4, -0.2) is 45.1 Å². The summed E-state index contributed by atoms with van der Waals surface area (Å²) in [5.74, 6) is -0.345. The Morgan fingerprint density at radius 1 is 0.576 bits per heavy atom. The van der Waals surface area contributed by atoms with Gasteiger partial charge in [-0.05, 0) is 25.7 Å². The molecule has 8 nitrogen and oxygen atoms in total. The minimum absolute atomic E-state index is 0.00346.